The molecule has 3 N–H and O–H groups in total. The lowest BCUT2D eigenvalue weighted by Crippen LogP contribution is -2.49. The van der Waals surface area contributed by atoms with Gasteiger partial charge in [0.25, 0.3) is 17.5 Å². The summed E-state index contributed by atoms with van der Waals surface area (Å²) in [5.41, 5.74) is 5.89. The van der Waals surface area contributed by atoms with E-state index in [4.69, 9.17) is 17.0 Å². The summed E-state index contributed by atoms with van der Waals surface area (Å²) in [6.45, 7) is 1.80. The van der Waals surface area contributed by atoms with Gasteiger partial charge in [0.2, 0.25) is 0 Å². The Bertz CT molecular complexity index is 869. The smallest absolute Gasteiger partial charge is 0.276 e. The highest BCUT2D eigenvalue weighted by atomic mass is 32.1. The van der Waals surface area contributed by atoms with E-state index in [0.717, 1.165) is 12.0 Å². The van der Waals surface area contributed by atoms with E-state index < -0.39 is 16.7 Å². The summed E-state index contributed by atoms with van der Waals surface area (Å²) in [6, 6.07) is 12.4. The van der Waals surface area contributed by atoms with Crippen molar-refractivity contribution in [2.24, 2.45) is 0 Å². The van der Waals surface area contributed by atoms with Crippen LogP contribution in [0, 0.1) is 10.1 Å². The lowest BCUT2D eigenvalue weighted by Gasteiger charge is -2.11. The molecule has 2 rings (SSSR count). The first kappa shape index (κ1) is 20.8. The van der Waals surface area contributed by atoms with Crippen molar-refractivity contribution in [1.29, 1.82) is 0 Å². The second-order valence-electron chi connectivity index (χ2n) is 5.55. The zero-order valence-electron chi connectivity index (χ0n) is 14.9. The Morgan fingerprint density at radius 3 is 2.29 bits per heavy atom. The molecule has 0 radical (unpaired) electrons. The van der Waals surface area contributed by atoms with E-state index in [-0.39, 0.29) is 23.0 Å². The number of nitrogens with zero attached hydrogens (tertiary/aromatic N) is 1. The number of nitro benzene ring substituents is 1. The third kappa shape index (κ3) is 6.32. The van der Waals surface area contributed by atoms with Crippen molar-refractivity contribution in [2.75, 3.05) is 6.61 Å². The van der Waals surface area contributed by atoms with Crippen molar-refractivity contribution in [3.8, 4) is 5.75 Å². The number of hydrogen-bond donors (Lipinski definition) is 3. The molecule has 0 unspecified atom stereocenters. The van der Waals surface area contributed by atoms with E-state index in [1.807, 2.05) is 19.1 Å². The highest BCUT2D eigenvalue weighted by Crippen LogP contribution is 2.12. The first-order chi connectivity index (χ1) is 13.4. The van der Waals surface area contributed by atoms with Crippen LogP contribution in [-0.2, 0) is 11.2 Å². The van der Waals surface area contributed by atoms with Gasteiger partial charge >= 0.3 is 0 Å². The standard InChI is InChI=1S/C18H18N4O5S/c1-2-12-3-9-15(10-4-12)27-11-16(23)20-21-18(28)19-17(24)13-5-7-14(8-6-13)22(25)26/h3-10H,2,11H2,1H3,(H,20,23)(H2,19,21,24,28). The first-order valence-corrected chi connectivity index (χ1v) is 8.66. The Morgan fingerprint density at radius 1 is 1.07 bits per heavy atom. The molecule has 0 heterocycles. The summed E-state index contributed by atoms with van der Waals surface area (Å²) in [5, 5.41) is 12.8. The average Bonchev–Trinajstić information content (AvgIpc) is 2.71. The zero-order chi connectivity index (χ0) is 20.5. The predicted molar refractivity (Wildman–Crippen MR) is 106 cm³/mol. The number of hydrogen-bond acceptors (Lipinski definition) is 6. The maximum atomic E-state index is 12.0. The molecule has 10 heteroatoms. The monoisotopic (exact) mass is 402 g/mol. The Balaban J connectivity index is 1.73. The molecule has 2 aromatic rings. The number of benzene rings is 2. The molecule has 0 saturated heterocycles. The third-order valence-electron chi connectivity index (χ3n) is 3.58. The van der Waals surface area contributed by atoms with Gasteiger partial charge in [-0.1, -0.05) is 19.1 Å². The number of amides is 2. The summed E-state index contributed by atoms with van der Waals surface area (Å²) in [6.07, 6.45) is 0.910. The third-order valence-corrected chi connectivity index (χ3v) is 3.79. The van der Waals surface area contributed by atoms with Gasteiger partial charge in [-0.05, 0) is 48.5 Å². The number of carbonyl (C=O) groups excluding carboxylic acids is 2. The fourth-order valence-corrected chi connectivity index (χ4v) is 2.22. The van der Waals surface area contributed by atoms with Crippen LogP contribution in [0.4, 0.5) is 5.69 Å². The van der Waals surface area contributed by atoms with Crippen LogP contribution >= 0.6 is 12.2 Å². The molecule has 2 amide bonds. The van der Waals surface area contributed by atoms with Crippen molar-refractivity contribution < 1.29 is 19.2 Å². The molecule has 146 valence electrons. The van der Waals surface area contributed by atoms with Crippen molar-refractivity contribution in [2.45, 2.75) is 13.3 Å². The molecule has 0 aliphatic carbocycles. The summed E-state index contributed by atoms with van der Waals surface area (Å²) in [5.74, 6) is -0.512. The van der Waals surface area contributed by atoms with Gasteiger partial charge in [0.05, 0.1) is 4.92 Å². The number of rotatable bonds is 6. The lowest BCUT2D eigenvalue weighted by molar-refractivity contribution is -0.384. The van der Waals surface area contributed by atoms with Gasteiger partial charge in [0.1, 0.15) is 5.75 Å². The van der Waals surface area contributed by atoms with Gasteiger partial charge < -0.3 is 4.74 Å². The second kappa shape index (κ2) is 9.97. The Morgan fingerprint density at radius 2 is 1.71 bits per heavy atom. The molecule has 0 aliphatic rings. The minimum Gasteiger partial charge on any atom is -0.484 e. The number of nitrogens with one attached hydrogen (secondary N) is 3. The number of hydrazine groups is 1. The fraction of sp³-hybridized carbons (Fsp3) is 0.167. The molecule has 0 aromatic heterocycles. The first-order valence-electron chi connectivity index (χ1n) is 8.25. The molecule has 28 heavy (non-hydrogen) atoms. The summed E-state index contributed by atoms with van der Waals surface area (Å²) >= 11 is 4.91. The van der Waals surface area contributed by atoms with Crippen LogP contribution in [0.25, 0.3) is 0 Å². The molecule has 0 spiro atoms. The van der Waals surface area contributed by atoms with E-state index in [1.54, 1.807) is 12.1 Å². The number of aryl methyl sites for hydroxylation is 1. The summed E-state index contributed by atoms with van der Waals surface area (Å²) < 4.78 is 5.34. The maximum Gasteiger partial charge on any atom is 0.276 e. The zero-order valence-corrected chi connectivity index (χ0v) is 15.7. The van der Waals surface area contributed by atoms with Gasteiger partial charge in [-0.3, -0.25) is 35.9 Å². The number of ether oxygens (including phenoxy) is 1. The quantitative estimate of drug-likeness (QED) is 0.383. The van der Waals surface area contributed by atoms with Crippen LogP contribution in [0.3, 0.4) is 0 Å². The van der Waals surface area contributed by atoms with Crippen LogP contribution in [0.2, 0.25) is 0 Å². The van der Waals surface area contributed by atoms with E-state index in [1.165, 1.54) is 24.3 Å². The molecule has 0 aliphatic heterocycles. The van der Waals surface area contributed by atoms with Gasteiger partial charge in [-0.15, -0.1) is 0 Å². The Hall–Kier alpha value is -3.53. The summed E-state index contributed by atoms with van der Waals surface area (Å²) in [7, 11) is 0. The highest BCUT2D eigenvalue weighted by molar-refractivity contribution is 7.80. The largest absolute Gasteiger partial charge is 0.484 e. The van der Waals surface area contributed by atoms with E-state index >= 15 is 0 Å². The molecule has 0 fully saturated rings. The van der Waals surface area contributed by atoms with Crippen LogP contribution < -0.4 is 20.9 Å². The van der Waals surface area contributed by atoms with Crippen LogP contribution in [0.1, 0.15) is 22.8 Å². The minimum absolute atomic E-state index is 0.131. The van der Waals surface area contributed by atoms with Gasteiger partial charge in [0, 0.05) is 17.7 Å². The van der Waals surface area contributed by atoms with Crippen LogP contribution in [0.5, 0.6) is 5.75 Å². The topological polar surface area (TPSA) is 123 Å². The summed E-state index contributed by atoms with van der Waals surface area (Å²) in [4.78, 5) is 33.8. The van der Waals surface area contributed by atoms with Crippen LogP contribution in [-0.4, -0.2) is 28.5 Å². The van der Waals surface area contributed by atoms with E-state index in [0.29, 0.717) is 5.75 Å². The van der Waals surface area contributed by atoms with E-state index in [9.17, 15) is 19.7 Å². The maximum absolute atomic E-state index is 12.0. The van der Waals surface area contributed by atoms with Crippen LogP contribution in [0.15, 0.2) is 48.5 Å². The molecule has 0 saturated carbocycles. The molecular weight excluding hydrogens is 384 g/mol. The lowest BCUT2D eigenvalue weighted by atomic mass is 10.2. The number of nitro groups is 1. The molecule has 9 nitrogen and oxygen atoms in total. The SMILES string of the molecule is CCc1ccc(OCC(=O)NNC(=S)NC(=O)c2ccc([N+](=O)[O-])cc2)cc1. The molecule has 0 bridgehead atoms. The van der Waals surface area contributed by atoms with Gasteiger partial charge in [0.15, 0.2) is 11.7 Å². The highest BCUT2D eigenvalue weighted by Gasteiger charge is 2.11. The van der Waals surface area contributed by atoms with Crippen molar-refractivity contribution in [1.82, 2.24) is 16.2 Å². The van der Waals surface area contributed by atoms with Crippen molar-refractivity contribution in [3.63, 3.8) is 0 Å². The number of carbonyl (C=O) groups is 2. The van der Waals surface area contributed by atoms with Crippen molar-refractivity contribution in [3.05, 3.63) is 69.8 Å². The number of non-ortho nitro benzene ring substituents is 1. The number of thiocarbonyl (C=S) groups is 1. The molecular formula is C18H18N4O5S. The fourth-order valence-electron chi connectivity index (χ4n) is 2.07. The molecule has 2 aromatic carbocycles. The van der Waals surface area contributed by atoms with Gasteiger partial charge in [-0.2, -0.15) is 0 Å². The minimum atomic E-state index is -0.575. The average molecular weight is 402 g/mol. The van der Waals surface area contributed by atoms with Crippen molar-refractivity contribution >= 4 is 34.8 Å². The Kier molecular flexibility index (Phi) is 7.40. The van der Waals surface area contributed by atoms with E-state index in [2.05, 4.69) is 16.2 Å². The molecule has 0 atom stereocenters. The second-order valence-corrected chi connectivity index (χ2v) is 5.95. The van der Waals surface area contributed by atoms with Gasteiger partial charge in [-0.25, -0.2) is 0 Å². The predicted octanol–water partition coefficient (Wildman–Crippen LogP) is 1.87. The normalized spacial score (nSPS) is 9.89. The Labute approximate surface area is 166 Å².